The first-order chi connectivity index (χ1) is 15.9. The average molecular weight is 412 g/mol. The molecule has 0 amide bonds. The minimum Gasteiger partial charge on any atom is -0.256 e. The van der Waals surface area contributed by atoms with Crippen LogP contribution in [0.25, 0.3) is 43.2 Å². The molecular formula is C31H25N. The maximum atomic E-state index is 4.41. The van der Waals surface area contributed by atoms with Gasteiger partial charge in [-0.3, -0.25) is 4.98 Å². The van der Waals surface area contributed by atoms with Gasteiger partial charge in [0, 0.05) is 17.0 Å². The van der Waals surface area contributed by atoms with E-state index < -0.39 is 0 Å². The van der Waals surface area contributed by atoms with Gasteiger partial charge in [0.2, 0.25) is 0 Å². The van der Waals surface area contributed by atoms with Crippen molar-refractivity contribution in [3.05, 3.63) is 114 Å². The lowest BCUT2D eigenvalue weighted by Gasteiger charge is -2.18. The molecule has 0 spiro atoms. The molecule has 1 nitrogen and oxygen atoms in total. The van der Waals surface area contributed by atoms with E-state index in [9.17, 15) is 0 Å². The molecule has 5 aromatic carbocycles. The number of pyridine rings is 1. The number of aromatic nitrogens is 1. The number of nitrogens with zero attached hydrogens (tertiary/aromatic N) is 1. The Kier molecular flexibility index (Phi) is 4.81. The summed E-state index contributed by atoms with van der Waals surface area (Å²) in [6, 6.07) is 34.5. The van der Waals surface area contributed by atoms with Crippen molar-refractivity contribution in [1.82, 2.24) is 4.98 Å². The monoisotopic (exact) mass is 411 g/mol. The van der Waals surface area contributed by atoms with Gasteiger partial charge in [-0.05, 0) is 69.8 Å². The molecule has 154 valence electrons. The molecule has 32 heavy (non-hydrogen) atoms. The number of fused-ring (bicyclic) bond motifs is 8. The fourth-order valence-corrected chi connectivity index (χ4v) is 5.15. The molecule has 0 fully saturated rings. The van der Waals surface area contributed by atoms with Gasteiger partial charge in [0.05, 0.1) is 5.52 Å². The number of hydrogen-bond acceptors (Lipinski definition) is 1. The first-order valence-corrected chi connectivity index (χ1v) is 11.5. The zero-order valence-electron chi connectivity index (χ0n) is 18.1. The normalized spacial score (nSPS) is 13.1. The van der Waals surface area contributed by atoms with Gasteiger partial charge in [0.1, 0.15) is 0 Å². The molecule has 1 aromatic heterocycles. The van der Waals surface area contributed by atoms with Gasteiger partial charge in [0.15, 0.2) is 0 Å². The lowest BCUT2D eigenvalue weighted by atomic mass is 9.86. The molecular weight excluding hydrogens is 386 g/mol. The summed E-state index contributed by atoms with van der Waals surface area (Å²) in [4.78, 5) is 4.41. The lowest BCUT2D eigenvalue weighted by Crippen LogP contribution is -2.02. The molecule has 7 rings (SSSR count). The Balaban J connectivity index is 0.000000126. The van der Waals surface area contributed by atoms with Crippen molar-refractivity contribution in [1.29, 1.82) is 0 Å². The van der Waals surface area contributed by atoms with E-state index >= 15 is 0 Å². The highest BCUT2D eigenvalue weighted by atomic mass is 14.6. The lowest BCUT2D eigenvalue weighted by molar-refractivity contribution is 0.690. The van der Waals surface area contributed by atoms with E-state index in [1.165, 1.54) is 63.4 Å². The summed E-state index contributed by atoms with van der Waals surface area (Å²) in [6.07, 6.45) is 7.14. The van der Waals surface area contributed by atoms with Crippen LogP contribution in [0.3, 0.4) is 0 Å². The molecule has 0 atom stereocenters. The highest BCUT2D eigenvalue weighted by Gasteiger charge is 2.13. The van der Waals surface area contributed by atoms with Gasteiger partial charge in [0.25, 0.3) is 0 Å². The Morgan fingerprint density at radius 1 is 0.469 bits per heavy atom. The third kappa shape index (κ3) is 3.31. The van der Waals surface area contributed by atoms with Crippen molar-refractivity contribution in [2.75, 3.05) is 0 Å². The van der Waals surface area contributed by atoms with Crippen LogP contribution < -0.4 is 0 Å². The average Bonchev–Trinajstić information content (AvgIpc) is 2.88. The minimum absolute atomic E-state index is 1.06. The van der Waals surface area contributed by atoms with Crippen LogP contribution in [0.1, 0.15) is 24.0 Å². The molecule has 0 saturated heterocycles. The predicted molar refractivity (Wildman–Crippen MR) is 137 cm³/mol. The van der Waals surface area contributed by atoms with Crippen LogP contribution in [0, 0.1) is 0 Å². The van der Waals surface area contributed by atoms with E-state index in [4.69, 9.17) is 0 Å². The number of aryl methyl sites for hydroxylation is 2. The summed E-state index contributed by atoms with van der Waals surface area (Å²) < 4.78 is 0. The topological polar surface area (TPSA) is 12.9 Å². The summed E-state index contributed by atoms with van der Waals surface area (Å²) in [5.74, 6) is 0. The molecule has 0 aliphatic heterocycles. The Bertz CT molecular complexity index is 1520. The van der Waals surface area contributed by atoms with E-state index in [1.807, 2.05) is 24.4 Å². The summed E-state index contributed by atoms with van der Waals surface area (Å²) >= 11 is 0. The van der Waals surface area contributed by atoms with E-state index in [0.717, 1.165) is 5.52 Å². The Hall–Kier alpha value is -3.71. The minimum atomic E-state index is 1.06. The van der Waals surface area contributed by atoms with Crippen LogP contribution in [-0.2, 0) is 12.8 Å². The molecule has 0 saturated carbocycles. The van der Waals surface area contributed by atoms with Crippen LogP contribution in [0.4, 0.5) is 0 Å². The summed E-state index contributed by atoms with van der Waals surface area (Å²) in [6.45, 7) is 0. The van der Waals surface area contributed by atoms with Gasteiger partial charge in [-0.25, -0.2) is 0 Å². The second kappa shape index (κ2) is 8.09. The van der Waals surface area contributed by atoms with Gasteiger partial charge in [-0.2, -0.15) is 0 Å². The van der Waals surface area contributed by atoms with Crippen LogP contribution in [0.5, 0.6) is 0 Å². The standard InChI is InChI=1S/C18H16.C13H9N/c1-3-7-15-13(5-1)9-11-18-16-8-4-2-6-14(16)10-12-17(15)18;1-2-6-11-10(5-1)9-14-13-8-4-3-7-12(11)13/h1,3,5,7,9-12H,2,4,6,8H2;1-9H. The molecule has 0 radical (unpaired) electrons. The van der Waals surface area contributed by atoms with Crippen molar-refractivity contribution < 1.29 is 0 Å². The smallest absolute Gasteiger partial charge is 0.0708 e. The first kappa shape index (κ1) is 19.0. The Morgan fingerprint density at radius 3 is 2.00 bits per heavy atom. The molecule has 1 aliphatic rings. The molecule has 0 bridgehead atoms. The van der Waals surface area contributed by atoms with Crippen molar-refractivity contribution >= 4 is 43.2 Å². The van der Waals surface area contributed by atoms with Crippen LogP contribution in [-0.4, -0.2) is 4.98 Å². The number of para-hydroxylation sites is 1. The molecule has 1 heteroatoms. The third-order valence-corrected chi connectivity index (χ3v) is 6.76. The Morgan fingerprint density at radius 2 is 1.12 bits per heavy atom. The summed E-state index contributed by atoms with van der Waals surface area (Å²) in [5, 5.41) is 9.35. The van der Waals surface area contributed by atoms with Crippen molar-refractivity contribution in [3.63, 3.8) is 0 Å². The molecule has 0 N–H and O–H groups in total. The maximum absolute atomic E-state index is 4.41. The van der Waals surface area contributed by atoms with Crippen LogP contribution >= 0.6 is 0 Å². The quantitative estimate of drug-likeness (QED) is 0.229. The van der Waals surface area contributed by atoms with Gasteiger partial charge < -0.3 is 0 Å². The van der Waals surface area contributed by atoms with Crippen molar-refractivity contribution in [2.24, 2.45) is 0 Å². The molecule has 0 unspecified atom stereocenters. The molecule has 1 aliphatic carbocycles. The van der Waals surface area contributed by atoms with Gasteiger partial charge in [-0.15, -0.1) is 0 Å². The first-order valence-electron chi connectivity index (χ1n) is 11.5. The Labute approximate surface area is 188 Å². The fourth-order valence-electron chi connectivity index (χ4n) is 5.15. The molecule has 1 heterocycles. The van der Waals surface area contributed by atoms with Crippen molar-refractivity contribution in [2.45, 2.75) is 25.7 Å². The van der Waals surface area contributed by atoms with E-state index in [2.05, 4.69) is 83.8 Å². The van der Waals surface area contributed by atoms with Gasteiger partial charge in [-0.1, -0.05) is 91.0 Å². The van der Waals surface area contributed by atoms with E-state index in [1.54, 1.807) is 11.1 Å². The number of benzene rings is 5. The zero-order chi connectivity index (χ0) is 21.3. The van der Waals surface area contributed by atoms with Crippen LogP contribution in [0.2, 0.25) is 0 Å². The maximum Gasteiger partial charge on any atom is 0.0708 e. The summed E-state index contributed by atoms with van der Waals surface area (Å²) in [7, 11) is 0. The largest absolute Gasteiger partial charge is 0.256 e. The fraction of sp³-hybridized carbons (Fsp3) is 0.129. The number of hydrogen-bond donors (Lipinski definition) is 0. The second-order valence-corrected chi connectivity index (χ2v) is 8.65. The molecule has 6 aromatic rings. The van der Waals surface area contributed by atoms with E-state index in [-0.39, 0.29) is 0 Å². The summed E-state index contributed by atoms with van der Waals surface area (Å²) in [5.41, 5.74) is 4.24. The van der Waals surface area contributed by atoms with Crippen LogP contribution in [0.15, 0.2) is 103 Å². The SMILES string of the molecule is c1ccc2c(c1)ccc1c3c(ccc12)CCCC3.c1ccc2c(c1)cnc1ccccc12. The second-order valence-electron chi connectivity index (χ2n) is 8.65. The zero-order valence-corrected chi connectivity index (χ0v) is 18.1. The number of rotatable bonds is 0. The van der Waals surface area contributed by atoms with Crippen molar-refractivity contribution in [3.8, 4) is 0 Å². The highest BCUT2D eigenvalue weighted by Crippen LogP contribution is 2.33. The van der Waals surface area contributed by atoms with Gasteiger partial charge >= 0.3 is 0 Å². The third-order valence-electron chi connectivity index (χ3n) is 6.76. The highest BCUT2D eigenvalue weighted by molar-refractivity contribution is 6.09. The predicted octanol–water partition coefficient (Wildman–Crippen LogP) is 8.26. The van der Waals surface area contributed by atoms with E-state index in [0.29, 0.717) is 0 Å².